The van der Waals surface area contributed by atoms with Crippen LogP contribution in [0.15, 0.2) is 25.3 Å². The third-order valence-corrected chi connectivity index (χ3v) is 0.808. The quantitative estimate of drug-likeness (QED) is 0.452. The van der Waals surface area contributed by atoms with Crippen LogP contribution in [0.2, 0.25) is 0 Å². The molecular formula is C7H10O3. The van der Waals surface area contributed by atoms with E-state index in [0.29, 0.717) is 0 Å². The first-order valence-corrected chi connectivity index (χ1v) is 2.80. The monoisotopic (exact) mass is 142 g/mol. The van der Waals surface area contributed by atoms with Crippen molar-refractivity contribution in [2.24, 2.45) is 0 Å². The summed E-state index contributed by atoms with van der Waals surface area (Å²) < 4.78 is 4.47. The summed E-state index contributed by atoms with van der Waals surface area (Å²) in [5.41, 5.74) is 0. The van der Waals surface area contributed by atoms with E-state index in [9.17, 15) is 4.79 Å². The molecule has 0 fully saturated rings. The first kappa shape index (κ1) is 8.91. The number of rotatable bonds is 4. The number of ether oxygens (including phenoxy) is 1. The fourth-order valence-corrected chi connectivity index (χ4v) is 0.323. The maximum absolute atomic E-state index is 10.5. The summed E-state index contributed by atoms with van der Waals surface area (Å²) in [5.74, 6) is -0.699. The molecule has 0 radical (unpaired) electrons. The van der Waals surface area contributed by atoms with Crippen LogP contribution in [0.25, 0.3) is 0 Å². The molecule has 1 atom stereocenters. The van der Waals surface area contributed by atoms with Crippen molar-refractivity contribution in [3.05, 3.63) is 25.3 Å². The Kier molecular flexibility index (Phi) is 4.24. The lowest BCUT2D eigenvalue weighted by Crippen LogP contribution is -2.20. The second kappa shape index (κ2) is 4.76. The van der Waals surface area contributed by atoms with Crippen molar-refractivity contribution in [2.45, 2.75) is 6.10 Å². The van der Waals surface area contributed by atoms with Gasteiger partial charge in [-0.15, -0.1) is 0 Å². The summed E-state index contributed by atoms with van der Waals surface area (Å²) in [4.78, 5) is 10.5. The zero-order valence-corrected chi connectivity index (χ0v) is 5.62. The van der Waals surface area contributed by atoms with Crippen LogP contribution in [0.4, 0.5) is 0 Å². The predicted molar refractivity (Wildman–Crippen MR) is 37.4 cm³/mol. The zero-order valence-electron chi connectivity index (χ0n) is 5.62. The molecule has 3 nitrogen and oxygen atoms in total. The van der Waals surface area contributed by atoms with Crippen LogP contribution in [0.1, 0.15) is 0 Å². The normalized spacial score (nSPS) is 11.7. The summed E-state index contributed by atoms with van der Waals surface area (Å²) in [6.45, 7) is 6.66. The van der Waals surface area contributed by atoms with Gasteiger partial charge in [0.1, 0.15) is 6.61 Å². The SMILES string of the molecule is C=CCOC(=O)C(O)C=C. The molecule has 0 aromatic heterocycles. The molecule has 0 rings (SSSR count). The fraction of sp³-hybridized carbons (Fsp3) is 0.286. The number of carbonyl (C=O) groups is 1. The van der Waals surface area contributed by atoms with Gasteiger partial charge in [0.15, 0.2) is 6.10 Å². The molecule has 0 aliphatic heterocycles. The molecule has 56 valence electrons. The van der Waals surface area contributed by atoms with E-state index in [1.807, 2.05) is 0 Å². The third-order valence-electron chi connectivity index (χ3n) is 0.808. The Morgan fingerprint density at radius 2 is 2.30 bits per heavy atom. The summed E-state index contributed by atoms with van der Waals surface area (Å²) in [7, 11) is 0. The number of carbonyl (C=O) groups excluding carboxylic acids is 1. The number of aliphatic hydroxyl groups excluding tert-OH is 1. The van der Waals surface area contributed by atoms with Crippen LogP contribution in [-0.4, -0.2) is 23.8 Å². The van der Waals surface area contributed by atoms with E-state index in [0.717, 1.165) is 6.08 Å². The molecule has 0 aliphatic rings. The largest absolute Gasteiger partial charge is 0.459 e. The molecule has 10 heavy (non-hydrogen) atoms. The van der Waals surface area contributed by atoms with Gasteiger partial charge in [-0.05, 0) is 0 Å². The van der Waals surface area contributed by atoms with E-state index < -0.39 is 12.1 Å². The minimum absolute atomic E-state index is 0.115. The average Bonchev–Trinajstić information content (AvgIpc) is 1.98. The predicted octanol–water partition coefficient (Wildman–Crippen LogP) is 0.263. The highest BCUT2D eigenvalue weighted by Crippen LogP contribution is 1.88. The molecule has 0 heterocycles. The van der Waals surface area contributed by atoms with Crippen molar-refractivity contribution in [2.75, 3.05) is 6.61 Å². The molecule has 0 spiro atoms. The Bertz CT molecular complexity index is 140. The van der Waals surface area contributed by atoms with Crippen LogP contribution in [0, 0.1) is 0 Å². The van der Waals surface area contributed by atoms with Gasteiger partial charge in [-0.3, -0.25) is 0 Å². The maximum Gasteiger partial charge on any atom is 0.339 e. The van der Waals surface area contributed by atoms with Crippen molar-refractivity contribution in [3.63, 3.8) is 0 Å². The fourth-order valence-electron chi connectivity index (χ4n) is 0.323. The minimum atomic E-state index is -1.22. The van der Waals surface area contributed by atoms with Gasteiger partial charge in [-0.1, -0.05) is 25.3 Å². The van der Waals surface area contributed by atoms with E-state index in [2.05, 4.69) is 17.9 Å². The molecule has 1 unspecified atom stereocenters. The lowest BCUT2D eigenvalue weighted by Gasteiger charge is -2.02. The second-order valence-corrected chi connectivity index (χ2v) is 1.60. The summed E-state index contributed by atoms with van der Waals surface area (Å²) in [6.07, 6.45) is 1.30. The zero-order chi connectivity index (χ0) is 7.98. The summed E-state index contributed by atoms with van der Waals surface area (Å²) >= 11 is 0. The van der Waals surface area contributed by atoms with E-state index in [-0.39, 0.29) is 6.61 Å². The van der Waals surface area contributed by atoms with Gasteiger partial charge in [0.2, 0.25) is 0 Å². The average molecular weight is 142 g/mol. The molecule has 0 saturated heterocycles. The lowest BCUT2D eigenvalue weighted by atomic mass is 10.4. The maximum atomic E-state index is 10.5. The Morgan fingerprint density at radius 1 is 1.70 bits per heavy atom. The Balaban J connectivity index is 3.61. The molecule has 0 bridgehead atoms. The standard InChI is InChI=1S/C7H10O3/c1-3-5-10-7(9)6(8)4-2/h3-4,6,8H,1-2,5H2. The number of esters is 1. The number of aliphatic hydroxyl groups is 1. The van der Waals surface area contributed by atoms with E-state index in [1.54, 1.807) is 0 Å². The van der Waals surface area contributed by atoms with E-state index >= 15 is 0 Å². The van der Waals surface area contributed by atoms with E-state index in [4.69, 9.17) is 5.11 Å². The van der Waals surface area contributed by atoms with Crippen LogP contribution < -0.4 is 0 Å². The van der Waals surface area contributed by atoms with Gasteiger partial charge in [0.25, 0.3) is 0 Å². The molecule has 1 N–H and O–H groups in total. The van der Waals surface area contributed by atoms with Gasteiger partial charge in [-0.2, -0.15) is 0 Å². The summed E-state index contributed by atoms with van der Waals surface area (Å²) in [6, 6.07) is 0. The first-order valence-electron chi connectivity index (χ1n) is 2.80. The second-order valence-electron chi connectivity index (χ2n) is 1.60. The Hall–Kier alpha value is -1.09. The van der Waals surface area contributed by atoms with Crippen LogP contribution in [-0.2, 0) is 9.53 Å². The van der Waals surface area contributed by atoms with Crippen molar-refractivity contribution in [1.82, 2.24) is 0 Å². The highest BCUT2D eigenvalue weighted by Gasteiger charge is 2.10. The highest BCUT2D eigenvalue weighted by atomic mass is 16.5. The van der Waals surface area contributed by atoms with Gasteiger partial charge >= 0.3 is 5.97 Å². The van der Waals surface area contributed by atoms with Crippen molar-refractivity contribution >= 4 is 5.97 Å². The summed E-state index contributed by atoms with van der Waals surface area (Å²) in [5, 5.41) is 8.73. The minimum Gasteiger partial charge on any atom is -0.459 e. The molecule has 0 amide bonds. The van der Waals surface area contributed by atoms with Gasteiger partial charge in [-0.25, -0.2) is 4.79 Å². The molecule has 0 aliphatic carbocycles. The Labute approximate surface area is 59.6 Å². The van der Waals surface area contributed by atoms with Gasteiger partial charge in [0.05, 0.1) is 0 Å². The van der Waals surface area contributed by atoms with Crippen LogP contribution in [0.5, 0.6) is 0 Å². The lowest BCUT2D eigenvalue weighted by molar-refractivity contribution is -0.149. The van der Waals surface area contributed by atoms with E-state index in [1.165, 1.54) is 6.08 Å². The molecule has 0 aromatic rings. The van der Waals surface area contributed by atoms with Crippen molar-refractivity contribution in [1.29, 1.82) is 0 Å². The van der Waals surface area contributed by atoms with Crippen LogP contribution in [0.3, 0.4) is 0 Å². The smallest absolute Gasteiger partial charge is 0.339 e. The number of hydrogen-bond acceptors (Lipinski definition) is 3. The molecular weight excluding hydrogens is 132 g/mol. The van der Waals surface area contributed by atoms with Gasteiger partial charge < -0.3 is 9.84 Å². The topological polar surface area (TPSA) is 46.5 Å². The number of hydrogen-bond donors (Lipinski definition) is 1. The first-order chi connectivity index (χ1) is 4.72. The third kappa shape index (κ3) is 3.04. The van der Waals surface area contributed by atoms with Crippen molar-refractivity contribution in [3.8, 4) is 0 Å². The van der Waals surface area contributed by atoms with Crippen LogP contribution >= 0.6 is 0 Å². The van der Waals surface area contributed by atoms with Gasteiger partial charge in [0, 0.05) is 0 Å². The Morgan fingerprint density at radius 3 is 2.70 bits per heavy atom. The molecule has 3 heteroatoms. The van der Waals surface area contributed by atoms with Crippen molar-refractivity contribution < 1.29 is 14.6 Å². The highest BCUT2D eigenvalue weighted by molar-refractivity contribution is 5.76. The molecule has 0 aromatic carbocycles. The molecule has 0 saturated carbocycles.